The fourth-order valence-electron chi connectivity index (χ4n) is 2.15. The molecule has 21 heavy (non-hydrogen) atoms. The number of carboxylic acids is 1. The van der Waals surface area contributed by atoms with Crippen molar-refractivity contribution in [3.8, 4) is 0 Å². The minimum Gasteiger partial charge on any atom is -0.480 e. The second kappa shape index (κ2) is 5.43. The van der Waals surface area contributed by atoms with Gasteiger partial charge in [-0.05, 0) is 28.1 Å². The first kappa shape index (κ1) is 14.6. The summed E-state index contributed by atoms with van der Waals surface area (Å²) in [5.41, 5.74) is 0.184. The lowest BCUT2D eigenvalue weighted by atomic mass is 10.1. The van der Waals surface area contributed by atoms with Crippen LogP contribution in [0.2, 0.25) is 0 Å². The summed E-state index contributed by atoms with van der Waals surface area (Å²) < 4.78 is 19.2. The highest BCUT2D eigenvalue weighted by molar-refractivity contribution is 9.10. The molecule has 0 saturated carbocycles. The average Bonchev–Trinajstić information content (AvgIpc) is 2.89. The Kier molecular flexibility index (Phi) is 3.76. The molecule has 1 aromatic carbocycles. The number of benzene rings is 1. The monoisotopic (exact) mass is 373 g/mol. The molecule has 1 aliphatic rings. The molecule has 2 atom stereocenters. The highest BCUT2D eigenvalue weighted by Crippen LogP contribution is 2.33. The van der Waals surface area contributed by atoms with Gasteiger partial charge in [-0.15, -0.1) is 11.8 Å². The predicted molar refractivity (Wildman–Crippen MR) is 79.9 cm³/mol. The maximum Gasteiger partial charge on any atom is 0.321 e. The van der Waals surface area contributed by atoms with Gasteiger partial charge >= 0.3 is 5.97 Å². The largest absolute Gasteiger partial charge is 0.480 e. The Morgan fingerprint density at radius 2 is 2.29 bits per heavy atom. The molecule has 0 spiro atoms. The third kappa shape index (κ3) is 2.58. The van der Waals surface area contributed by atoms with Crippen molar-refractivity contribution in [3.63, 3.8) is 0 Å². The lowest BCUT2D eigenvalue weighted by Crippen LogP contribution is -2.34. The first-order valence-electron chi connectivity index (χ1n) is 5.98. The number of nitrogens with one attached hydrogen (secondary N) is 1. The molecule has 1 saturated heterocycles. The molecule has 2 aromatic rings. The van der Waals surface area contributed by atoms with Gasteiger partial charge in [-0.1, -0.05) is 0 Å². The highest BCUT2D eigenvalue weighted by Gasteiger charge is 2.32. The van der Waals surface area contributed by atoms with Crippen LogP contribution in [-0.2, 0) is 4.79 Å². The van der Waals surface area contributed by atoms with Gasteiger partial charge in [-0.3, -0.25) is 14.9 Å². The molecule has 8 heteroatoms. The van der Waals surface area contributed by atoms with Crippen LogP contribution >= 0.6 is 27.7 Å². The number of rotatable bonds is 2. The van der Waals surface area contributed by atoms with E-state index in [1.165, 1.54) is 24.1 Å². The molecule has 0 radical (unpaired) electrons. The molecule has 110 valence electrons. The summed E-state index contributed by atoms with van der Waals surface area (Å²) in [5, 5.41) is 11.4. The lowest BCUT2D eigenvalue weighted by molar-refractivity contribution is -0.138. The SMILES string of the molecule is O=C(O)C1CSC(c2coc3c(Br)cc(F)cc3c2=O)N1. The second-order valence-corrected chi connectivity index (χ2v) is 6.55. The van der Waals surface area contributed by atoms with Gasteiger partial charge in [0.05, 0.1) is 20.8 Å². The fourth-order valence-corrected chi connectivity index (χ4v) is 3.91. The number of hydrogen-bond donors (Lipinski definition) is 2. The number of thioether (sulfide) groups is 1. The number of fused-ring (bicyclic) bond motifs is 1. The lowest BCUT2D eigenvalue weighted by Gasteiger charge is -2.11. The first-order valence-corrected chi connectivity index (χ1v) is 7.82. The minimum atomic E-state index is -0.969. The zero-order valence-electron chi connectivity index (χ0n) is 10.4. The van der Waals surface area contributed by atoms with E-state index in [9.17, 15) is 14.0 Å². The van der Waals surface area contributed by atoms with E-state index in [0.717, 1.165) is 6.07 Å². The van der Waals surface area contributed by atoms with Crippen LogP contribution in [0.1, 0.15) is 10.9 Å². The third-order valence-corrected chi connectivity index (χ3v) is 5.02. The normalized spacial score (nSPS) is 21.8. The smallest absolute Gasteiger partial charge is 0.321 e. The molecule has 1 fully saturated rings. The van der Waals surface area contributed by atoms with Crippen molar-refractivity contribution in [1.29, 1.82) is 0 Å². The Hall–Kier alpha value is -1.38. The van der Waals surface area contributed by atoms with Crippen molar-refractivity contribution in [1.82, 2.24) is 5.32 Å². The van der Waals surface area contributed by atoms with Gasteiger partial charge in [-0.2, -0.15) is 0 Å². The molecule has 0 aliphatic carbocycles. The number of carboxylic acid groups (broad SMARTS) is 1. The summed E-state index contributed by atoms with van der Waals surface area (Å²) in [5.74, 6) is -1.16. The van der Waals surface area contributed by atoms with E-state index in [0.29, 0.717) is 10.2 Å². The molecule has 1 aliphatic heterocycles. The van der Waals surface area contributed by atoms with E-state index in [4.69, 9.17) is 9.52 Å². The zero-order chi connectivity index (χ0) is 15.1. The van der Waals surface area contributed by atoms with E-state index in [1.54, 1.807) is 0 Å². The van der Waals surface area contributed by atoms with Crippen molar-refractivity contribution in [3.05, 3.63) is 44.5 Å². The second-order valence-electron chi connectivity index (χ2n) is 4.56. The van der Waals surface area contributed by atoms with E-state index in [2.05, 4.69) is 21.2 Å². The highest BCUT2D eigenvalue weighted by atomic mass is 79.9. The number of hydrogen-bond acceptors (Lipinski definition) is 5. The van der Waals surface area contributed by atoms with Gasteiger partial charge in [-0.25, -0.2) is 4.39 Å². The van der Waals surface area contributed by atoms with Crippen LogP contribution in [0.5, 0.6) is 0 Å². The Labute approximate surface area is 130 Å². The summed E-state index contributed by atoms with van der Waals surface area (Å²) in [6.07, 6.45) is 1.29. The molecule has 5 nitrogen and oxygen atoms in total. The summed E-state index contributed by atoms with van der Waals surface area (Å²) >= 11 is 4.45. The summed E-state index contributed by atoms with van der Waals surface area (Å²) in [7, 11) is 0. The summed E-state index contributed by atoms with van der Waals surface area (Å²) in [4.78, 5) is 23.4. The van der Waals surface area contributed by atoms with Gasteiger partial charge in [0, 0.05) is 5.75 Å². The number of halogens is 2. The maximum absolute atomic E-state index is 13.4. The van der Waals surface area contributed by atoms with Crippen molar-refractivity contribution in [2.24, 2.45) is 0 Å². The first-order chi connectivity index (χ1) is 9.97. The third-order valence-electron chi connectivity index (χ3n) is 3.18. The van der Waals surface area contributed by atoms with Gasteiger partial charge in [0.15, 0.2) is 11.0 Å². The van der Waals surface area contributed by atoms with Gasteiger partial charge < -0.3 is 9.52 Å². The predicted octanol–water partition coefficient (Wildman–Crippen LogP) is 2.48. The summed E-state index contributed by atoms with van der Waals surface area (Å²) in [6.45, 7) is 0. The average molecular weight is 374 g/mol. The van der Waals surface area contributed by atoms with Crippen LogP contribution in [0.15, 0.2) is 32.1 Å². The van der Waals surface area contributed by atoms with E-state index in [-0.39, 0.29) is 22.0 Å². The topological polar surface area (TPSA) is 79.5 Å². The molecule has 2 unspecified atom stereocenters. The Morgan fingerprint density at radius 3 is 2.95 bits per heavy atom. The summed E-state index contributed by atoms with van der Waals surface area (Å²) in [6, 6.07) is 1.62. The van der Waals surface area contributed by atoms with Crippen LogP contribution in [-0.4, -0.2) is 22.9 Å². The van der Waals surface area contributed by atoms with Crippen molar-refractivity contribution in [2.45, 2.75) is 11.4 Å². The number of aliphatic carboxylic acids is 1. The van der Waals surface area contributed by atoms with E-state index >= 15 is 0 Å². The van der Waals surface area contributed by atoms with Crippen LogP contribution in [0.25, 0.3) is 11.0 Å². The molecule has 3 rings (SSSR count). The van der Waals surface area contributed by atoms with Crippen molar-refractivity contribution >= 4 is 44.6 Å². The van der Waals surface area contributed by atoms with Gasteiger partial charge in [0.2, 0.25) is 0 Å². The van der Waals surface area contributed by atoms with Gasteiger partial charge in [0.25, 0.3) is 0 Å². The quantitative estimate of drug-likeness (QED) is 0.841. The van der Waals surface area contributed by atoms with Crippen LogP contribution < -0.4 is 10.7 Å². The van der Waals surface area contributed by atoms with Crippen molar-refractivity contribution < 1.29 is 18.7 Å². The molecule has 0 amide bonds. The standard InChI is InChI=1S/C13H9BrFNO4S/c14-8-2-5(15)1-6-10(17)7(3-20-11(6)8)12-16-9(4-21-12)13(18)19/h1-3,9,12,16H,4H2,(H,18,19). The van der Waals surface area contributed by atoms with E-state index < -0.39 is 23.2 Å². The molecule has 0 bridgehead atoms. The van der Waals surface area contributed by atoms with Gasteiger partial charge in [0.1, 0.15) is 18.1 Å². The molecular weight excluding hydrogens is 365 g/mol. The molecule has 2 N–H and O–H groups in total. The van der Waals surface area contributed by atoms with Crippen LogP contribution in [0.3, 0.4) is 0 Å². The van der Waals surface area contributed by atoms with Crippen LogP contribution in [0, 0.1) is 5.82 Å². The van der Waals surface area contributed by atoms with E-state index in [1.807, 2.05) is 0 Å². The minimum absolute atomic E-state index is 0.126. The maximum atomic E-state index is 13.4. The number of carbonyl (C=O) groups is 1. The molecule has 2 heterocycles. The van der Waals surface area contributed by atoms with Crippen LogP contribution in [0.4, 0.5) is 4.39 Å². The Bertz CT molecular complexity index is 794. The van der Waals surface area contributed by atoms with Crippen molar-refractivity contribution in [2.75, 3.05) is 5.75 Å². The Morgan fingerprint density at radius 1 is 1.52 bits per heavy atom. The Balaban J connectivity index is 2.07. The molecular formula is C13H9BrFNO4S. The fraction of sp³-hybridized carbons (Fsp3) is 0.231. The molecule has 1 aromatic heterocycles. The zero-order valence-corrected chi connectivity index (χ0v) is 12.8.